The van der Waals surface area contributed by atoms with Crippen molar-refractivity contribution in [3.63, 3.8) is 0 Å². The molecule has 0 saturated carbocycles. The standard InChI is InChI=1S/C14H24S6/c1-2-14(19-12-7-16-8-12,20-13-9-17-10-13)3-4-18-11-5-15-6-11/h11-13H,2-10H2,1H3. The lowest BCUT2D eigenvalue weighted by Gasteiger charge is -2.42. The summed E-state index contributed by atoms with van der Waals surface area (Å²) in [6.07, 6.45) is 2.78. The van der Waals surface area contributed by atoms with Crippen molar-refractivity contribution in [3.05, 3.63) is 0 Å². The third-order valence-electron chi connectivity index (χ3n) is 3.96. The average Bonchev–Trinajstić information content (AvgIpc) is 2.31. The second-order valence-corrected chi connectivity index (χ2v) is 13.9. The van der Waals surface area contributed by atoms with E-state index in [1.165, 1.54) is 53.1 Å². The fraction of sp³-hybridized carbons (Fsp3) is 1.00. The normalized spacial score (nSPS) is 25.1. The van der Waals surface area contributed by atoms with E-state index in [1.54, 1.807) is 0 Å². The van der Waals surface area contributed by atoms with Crippen molar-refractivity contribution in [1.29, 1.82) is 0 Å². The molecule has 0 radical (unpaired) electrons. The summed E-state index contributed by atoms with van der Waals surface area (Å²) in [5.41, 5.74) is 0. The highest BCUT2D eigenvalue weighted by Gasteiger charge is 2.38. The average molecular weight is 385 g/mol. The van der Waals surface area contributed by atoms with Gasteiger partial charge in [-0.25, -0.2) is 0 Å². The SMILES string of the molecule is CCC(CCSC1CSC1)(SC1CSC1)SC1CSC1. The molecule has 0 spiro atoms. The Hall–Kier alpha value is 2.10. The van der Waals surface area contributed by atoms with Crippen LogP contribution in [0.3, 0.4) is 0 Å². The van der Waals surface area contributed by atoms with Crippen LogP contribution in [-0.2, 0) is 0 Å². The maximum absolute atomic E-state index is 2.43. The summed E-state index contributed by atoms with van der Waals surface area (Å²) in [5, 5.41) is 2.87. The molecule has 3 fully saturated rings. The summed E-state index contributed by atoms with van der Waals surface area (Å²) in [7, 11) is 0. The monoisotopic (exact) mass is 384 g/mol. The van der Waals surface area contributed by atoms with Crippen molar-refractivity contribution in [3.8, 4) is 0 Å². The fourth-order valence-corrected chi connectivity index (χ4v) is 11.3. The van der Waals surface area contributed by atoms with Crippen molar-refractivity contribution in [2.45, 2.75) is 39.6 Å². The molecule has 3 heterocycles. The molecule has 0 nitrogen and oxygen atoms in total. The van der Waals surface area contributed by atoms with Gasteiger partial charge in [-0.2, -0.15) is 47.0 Å². The Morgan fingerprint density at radius 1 is 0.850 bits per heavy atom. The molecule has 3 rings (SSSR count). The van der Waals surface area contributed by atoms with Crippen LogP contribution in [0.2, 0.25) is 0 Å². The molecule has 0 unspecified atom stereocenters. The zero-order valence-corrected chi connectivity index (χ0v) is 16.9. The third kappa shape index (κ3) is 4.56. The van der Waals surface area contributed by atoms with E-state index in [-0.39, 0.29) is 0 Å². The molecule has 0 aromatic rings. The van der Waals surface area contributed by atoms with Crippen LogP contribution in [0.5, 0.6) is 0 Å². The molecule has 3 saturated heterocycles. The summed E-state index contributed by atoms with van der Waals surface area (Å²) in [4.78, 5) is 0. The van der Waals surface area contributed by atoms with Crippen molar-refractivity contribution >= 4 is 70.6 Å². The predicted octanol–water partition coefficient (Wildman–Crippen LogP) is 5.03. The maximum Gasteiger partial charge on any atom is 0.0623 e. The molecule has 0 aromatic carbocycles. The van der Waals surface area contributed by atoms with Gasteiger partial charge in [-0.05, 0) is 18.6 Å². The van der Waals surface area contributed by atoms with Crippen molar-refractivity contribution in [2.75, 3.05) is 40.3 Å². The molecule has 0 N–H and O–H groups in total. The lowest BCUT2D eigenvalue weighted by Crippen LogP contribution is -2.35. The van der Waals surface area contributed by atoms with Crippen LogP contribution >= 0.6 is 70.6 Å². The second kappa shape index (κ2) is 8.27. The van der Waals surface area contributed by atoms with E-state index < -0.39 is 0 Å². The van der Waals surface area contributed by atoms with Crippen LogP contribution in [0.4, 0.5) is 0 Å². The van der Waals surface area contributed by atoms with E-state index in [4.69, 9.17) is 0 Å². The summed E-state index contributed by atoms with van der Waals surface area (Å²) in [5.74, 6) is 9.80. The molecule has 6 heteroatoms. The zero-order chi connectivity index (χ0) is 13.8. The molecular weight excluding hydrogens is 361 g/mol. The first kappa shape index (κ1) is 16.9. The highest BCUT2D eigenvalue weighted by atomic mass is 32.2. The molecule has 0 aliphatic carbocycles. The highest BCUT2D eigenvalue weighted by molar-refractivity contribution is 8.21. The van der Waals surface area contributed by atoms with Gasteiger partial charge in [0.2, 0.25) is 0 Å². The van der Waals surface area contributed by atoms with Crippen LogP contribution in [0, 0.1) is 0 Å². The Morgan fingerprint density at radius 2 is 1.35 bits per heavy atom. The Bertz CT molecular complexity index is 282. The van der Waals surface area contributed by atoms with Gasteiger partial charge in [-0.3, -0.25) is 0 Å². The van der Waals surface area contributed by atoms with Crippen molar-refractivity contribution in [1.82, 2.24) is 0 Å². The summed E-state index contributed by atoms with van der Waals surface area (Å²) >= 11 is 13.3. The maximum atomic E-state index is 2.43. The lowest BCUT2D eigenvalue weighted by molar-refractivity contribution is 0.734. The molecule has 116 valence electrons. The van der Waals surface area contributed by atoms with E-state index in [2.05, 4.69) is 77.5 Å². The van der Waals surface area contributed by atoms with Crippen molar-refractivity contribution in [2.24, 2.45) is 0 Å². The first-order valence-corrected chi connectivity index (χ1v) is 13.8. The Balaban J connectivity index is 1.50. The number of hydrogen-bond donors (Lipinski definition) is 0. The lowest BCUT2D eigenvalue weighted by atomic mass is 10.2. The van der Waals surface area contributed by atoms with Crippen LogP contribution in [0.25, 0.3) is 0 Å². The second-order valence-electron chi connectivity index (χ2n) is 5.60. The minimum Gasteiger partial charge on any atom is -0.160 e. The smallest absolute Gasteiger partial charge is 0.0623 e. The van der Waals surface area contributed by atoms with Crippen LogP contribution in [0.15, 0.2) is 0 Å². The number of thioether (sulfide) groups is 6. The van der Waals surface area contributed by atoms with Crippen LogP contribution in [-0.4, -0.2) is 60.1 Å². The minimum absolute atomic E-state index is 0.529. The van der Waals surface area contributed by atoms with Gasteiger partial charge in [-0.1, -0.05) is 6.92 Å². The molecule has 0 amide bonds. The topological polar surface area (TPSA) is 0 Å². The van der Waals surface area contributed by atoms with Gasteiger partial charge in [0.05, 0.1) is 4.08 Å². The minimum atomic E-state index is 0.529. The molecule has 0 aromatic heterocycles. The molecule has 20 heavy (non-hydrogen) atoms. The van der Waals surface area contributed by atoms with E-state index in [9.17, 15) is 0 Å². The van der Waals surface area contributed by atoms with Gasteiger partial charge < -0.3 is 0 Å². The molecule has 0 bridgehead atoms. The Labute approximate surface area is 149 Å². The molecular formula is C14H24S6. The van der Waals surface area contributed by atoms with E-state index in [1.807, 2.05) is 0 Å². The first-order valence-electron chi connectivity index (χ1n) is 7.50. The fourth-order valence-electron chi connectivity index (χ4n) is 2.35. The molecule has 3 aliphatic heterocycles. The predicted molar refractivity (Wildman–Crippen MR) is 109 cm³/mol. The largest absolute Gasteiger partial charge is 0.160 e. The summed E-state index contributed by atoms with van der Waals surface area (Å²) in [6, 6.07) is 0. The van der Waals surface area contributed by atoms with Gasteiger partial charge in [0.25, 0.3) is 0 Å². The summed E-state index contributed by atoms with van der Waals surface area (Å²) < 4.78 is 0.529. The van der Waals surface area contributed by atoms with E-state index >= 15 is 0 Å². The van der Waals surface area contributed by atoms with Gasteiger partial charge in [0.1, 0.15) is 0 Å². The summed E-state index contributed by atoms with van der Waals surface area (Å²) in [6.45, 7) is 2.43. The van der Waals surface area contributed by atoms with Gasteiger partial charge in [0.15, 0.2) is 0 Å². The molecule has 3 aliphatic rings. The third-order valence-corrected chi connectivity index (χ3v) is 14.1. The Kier molecular flexibility index (Phi) is 7.01. The number of hydrogen-bond acceptors (Lipinski definition) is 6. The number of rotatable bonds is 9. The quantitative estimate of drug-likeness (QED) is 0.508. The van der Waals surface area contributed by atoms with Gasteiger partial charge in [-0.15, -0.1) is 23.5 Å². The van der Waals surface area contributed by atoms with Gasteiger partial charge >= 0.3 is 0 Å². The zero-order valence-electron chi connectivity index (χ0n) is 12.0. The van der Waals surface area contributed by atoms with Gasteiger partial charge in [0, 0.05) is 50.3 Å². The van der Waals surface area contributed by atoms with E-state index in [0.29, 0.717) is 4.08 Å². The molecule has 0 atom stereocenters. The van der Waals surface area contributed by atoms with Crippen LogP contribution < -0.4 is 0 Å². The first-order chi connectivity index (χ1) is 9.80. The van der Waals surface area contributed by atoms with Crippen LogP contribution in [0.1, 0.15) is 19.8 Å². The highest BCUT2D eigenvalue weighted by Crippen LogP contribution is 2.53. The Morgan fingerprint density at radius 3 is 1.70 bits per heavy atom. The van der Waals surface area contributed by atoms with Crippen molar-refractivity contribution < 1.29 is 0 Å². The van der Waals surface area contributed by atoms with E-state index in [0.717, 1.165) is 15.7 Å².